The second-order valence-corrected chi connectivity index (χ2v) is 7.18. The SMILES string of the molecule is Cc1ccc(NC(=O)c2ccc(COc3ccc(Br)cc3)cc2)cc1Cl. The smallest absolute Gasteiger partial charge is 0.255 e. The van der Waals surface area contributed by atoms with Gasteiger partial charge in [-0.25, -0.2) is 0 Å². The minimum Gasteiger partial charge on any atom is -0.489 e. The summed E-state index contributed by atoms with van der Waals surface area (Å²) in [7, 11) is 0. The normalized spacial score (nSPS) is 10.4. The Hall–Kier alpha value is -2.30. The molecule has 0 radical (unpaired) electrons. The number of carbonyl (C=O) groups excluding carboxylic acids is 1. The fourth-order valence-electron chi connectivity index (χ4n) is 2.32. The Labute approximate surface area is 166 Å². The van der Waals surface area contributed by atoms with Crippen LogP contribution in [0.15, 0.2) is 71.2 Å². The molecule has 0 unspecified atom stereocenters. The molecule has 132 valence electrons. The molecule has 0 bridgehead atoms. The van der Waals surface area contributed by atoms with Crippen molar-refractivity contribution in [3.05, 3.63) is 92.9 Å². The van der Waals surface area contributed by atoms with E-state index in [1.54, 1.807) is 18.2 Å². The van der Waals surface area contributed by atoms with Crippen LogP contribution in [0.2, 0.25) is 5.02 Å². The van der Waals surface area contributed by atoms with Crippen molar-refractivity contribution in [2.45, 2.75) is 13.5 Å². The zero-order valence-electron chi connectivity index (χ0n) is 14.1. The third kappa shape index (κ3) is 4.87. The standard InChI is InChI=1S/C21H17BrClNO2/c1-14-2-9-18(12-20(14)23)24-21(25)16-5-3-15(4-6-16)13-26-19-10-7-17(22)8-11-19/h2-12H,13H2,1H3,(H,24,25). The van der Waals surface area contributed by atoms with E-state index in [-0.39, 0.29) is 5.91 Å². The summed E-state index contributed by atoms with van der Waals surface area (Å²) in [5, 5.41) is 3.48. The van der Waals surface area contributed by atoms with Gasteiger partial charge in [-0.3, -0.25) is 4.79 Å². The van der Waals surface area contributed by atoms with E-state index in [0.717, 1.165) is 21.3 Å². The molecule has 1 amide bonds. The molecule has 0 heterocycles. The average Bonchev–Trinajstić information content (AvgIpc) is 2.65. The molecular formula is C21H17BrClNO2. The van der Waals surface area contributed by atoms with Crippen LogP contribution in [0.25, 0.3) is 0 Å². The molecule has 26 heavy (non-hydrogen) atoms. The molecule has 0 atom stereocenters. The minimum atomic E-state index is -0.176. The Morgan fingerprint density at radius 2 is 1.73 bits per heavy atom. The van der Waals surface area contributed by atoms with Gasteiger partial charge in [-0.05, 0) is 66.6 Å². The van der Waals surface area contributed by atoms with Gasteiger partial charge >= 0.3 is 0 Å². The predicted octanol–water partition coefficient (Wildman–Crippen LogP) is 6.24. The second-order valence-electron chi connectivity index (χ2n) is 5.86. The van der Waals surface area contributed by atoms with Crippen molar-refractivity contribution in [3.63, 3.8) is 0 Å². The zero-order valence-corrected chi connectivity index (χ0v) is 16.5. The highest BCUT2D eigenvalue weighted by atomic mass is 79.9. The van der Waals surface area contributed by atoms with Gasteiger partial charge in [0, 0.05) is 20.7 Å². The van der Waals surface area contributed by atoms with Crippen molar-refractivity contribution in [2.75, 3.05) is 5.32 Å². The Kier molecular flexibility index (Phi) is 5.96. The summed E-state index contributed by atoms with van der Waals surface area (Å²) in [6.45, 7) is 2.36. The molecule has 3 nitrogen and oxygen atoms in total. The van der Waals surface area contributed by atoms with Crippen LogP contribution >= 0.6 is 27.5 Å². The maximum atomic E-state index is 12.3. The molecule has 0 aliphatic carbocycles. The molecular weight excluding hydrogens is 414 g/mol. The summed E-state index contributed by atoms with van der Waals surface area (Å²) in [6.07, 6.45) is 0. The molecule has 1 N–H and O–H groups in total. The lowest BCUT2D eigenvalue weighted by Crippen LogP contribution is -2.12. The van der Waals surface area contributed by atoms with Crippen molar-refractivity contribution in [2.24, 2.45) is 0 Å². The Morgan fingerprint density at radius 3 is 2.38 bits per heavy atom. The quantitative estimate of drug-likeness (QED) is 0.520. The first-order valence-electron chi connectivity index (χ1n) is 8.06. The highest BCUT2D eigenvalue weighted by Crippen LogP contribution is 2.21. The van der Waals surface area contributed by atoms with Gasteiger partial charge < -0.3 is 10.1 Å². The first-order valence-corrected chi connectivity index (χ1v) is 9.23. The highest BCUT2D eigenvalue weighted by molar-refractivity contribution is 9.10. The number of halogens is 2. The molecule has 5 heteroatoms. The van der Waals surface area contributed by atoms with E-state index < -0.39 is 0 Å². The first-order chi connectivity index (χ1) is 12.5. The lowest BCUT2D eigenvalue weighted by Gasteiger charge is -2.09. The summed E-state index contributed by atoms with van der Waals surface area (Å²) in [4.78, 5) is 12.3. The number of hydrogen-bond acceptors (Lipinski definition) is 2. The molecule has 0 aromatic heterocycles. The van der Waals surface area contributed by atoms with E-state index in [1.807, 2.05) is 55.5 Å². The molecule has 3 aromatic rings. The van der Waals surface area contributed by atoms with Crippen LogP contribution in [0.4, 0.5) is 5.69 Å². The van der Waals surface area contributed by atoms with Crippen LogP contribution in [0, 0.1) is 6.92 Å². The van der Waals surface area contributed by atoms with E-state index in [4.69, 9.17) is 16.3 Å². The zero-order chi connectivity index (χ0) is 18.5. The van der Waals surface area contributed by atoms with Crippen molar-refractivity contribution in [1.29, 1.82) is 0 Å². The molecule has 3 rings (SSSR count). The third-order valence-corrected chi connectivity index (χ3v) is 4.80. The highest BCUT2D eigenvalue weighted by Gasteiger charge is 2.07. The summed E-state index contributed by atoms with van der Waals surface area (Å²) in [5.74, 6) is 0.622. The number of anilines is 1. The number of nitrogens with one attached hydrogen (secondary N) is 1. The van der Waals surface area contributed by atoms with E-state index in [1.165, 1.54) is 0 Å². The van der Waals surface area contributed by atoms with Crippen LogP contribution in [-0.4, -0.2) is 5.91 Å². The van der Waals surface area contributed by atoms with E-state index >= 15 is 0 Å². The predicted molar refractivity (Wildman–Crippen MR) is 109 cm³/mol. The fraction of sp³-hybridized carbons (Fsp3) is 0.0952. The van der Waals surface area contributed by atoms with E-state index in [2.05, 4.69) is 21.2 Å². The fourth-order valence-corrected chi connectivity index (χ4v) is 2.77. The van der Waals surface area contributed by atoms with Crippen LogP contribution in [0.1, 0.15) is 21.5 Å². The number of hydrogen-bond donors (Lipinski definition) is 1. The van der Waals surface area contributed by atoms with Gasteiger partial charge in [-0.1, -0.05) is 45.7 Å². The largest absolute Gasteiger partial charge is 0.489 e. The Bertz CT molecular complexity index is 908. The van der Waals surface area contributed by atoms with Crippen molar-refractivity contribution in [1.82, 2.24) is 0 Å². The summed E-state index contributed by atoms with van der Waals surface area (Å²) in [6, 6.07) is 20.5. The van der Waals surface area contributed by atoms with Gasteiger partial charge in [0.2, 0.25) is 0 Å². The van der Waals surface area contributed by atoms with Crippen LogP contribution in [0.5, 0.6) is 5.75 Å². The molecule has 0 saturated heterocycles. The molecule has 3 aromatic carbocycles. The van der Waals surface area contributed by atoms with E-state index in [0.29, 0.717) is 22.9 Å². The van der Waals surface area contributed by atoms with Crippen LogP contribution < -0.4 is 10.1 Å². The second kappa shape index (κ2) is 8.39. The minimum absolute atomic E-state index is 0.176. The molecule has 0 fully saturated rings. The maximum Gasteiger partial charge on any atom is 0.255 e. The first kappa shape index (κ1) is 18.5. The number of rotatable bonds is 5. The summed E-state index contributed by atoms with van der Waals surface area (Å²) < 4.78 is 6.74. The average molecular weight is 431 g/mol. The maximum absolute atomic E-state index is 12.3. The number of carbonyl (C=O) groups is 1. The Morgan fingerprint density at radius 1 is 1.04 bits per heavy atom. The van der Waals surface area contributed by atoms with Gasteiger partial charge in [0.05, 0.1) is 0 Å². The van der Waals surface area contributed by atoms with E-state index in [9.17, 15) is 4.79 Å². The lowest BCUT2D eigenvalue weighted by molar-refractivity contribution is 0.102. The van der Waals surface area contributed by atoms with Gasteiger partial charge in [-0.15, -0.1) is 0 Å². The number of amides is 1. The van der Waals surface area contributed by atoms with Gasteiger partial charge in [0.1, 0.15) is 12.4 Å². The van der Waals surface area contributed by atoms with Crippen LogP contribution in [-0.2, 0) is 6.61 Å². The molecule has 0 aliphatic heterocycles. The number of benzene rings is 3. The van der Waals surface area contributed by atoms with Gasteiger partial charge in [-0.2, -0.15) is 0 Å². The molecule has 0 saturated carbocycles. The van der Waals surface area contributed by atoms with Crippen molar-refractivity contribution < 1.29 is 9.53 Å². The third-order valence-electron chi connectivity index (χ3n) is 3.86. The van der Waals surface area contributed by atoms with Crippen molar-refractivity contribution in [3.8, 4) is 5.75 Å². The summed E-state index contributed by atoms with van der Waals surface area (Å²) in [5.41, 5.74) is 3.21. The topological polar surface area (TPSA) is 38.3 Å². The number of aryl methyl sites for hydroxylation is 1. The van der Waals surface area contributed by atoms with Crippen molar-refractivity contribution >= 4 is 39.1 Å². The lowest BCUT2D eigenvalue weighted by atomic mass is 10.1. The molecule has 0 spiro atoms. The summed E-state index contributed by atoms with van der Waals surface area (Å²) >= 11 is 9.48. The van der Waals surface area contributed by atoms with Gasteiger partial charge in [0.25, 0.3) is 5.91 Å². The van der Waals surface area contributed by atoms with Crippen LogP contribution in [0.3, 0.4) is 0 Å². The molecule has 0 aliphatic rings. The van der Waals surface area contributed by atoms with Gasteiger partial charge in [0.15, 0.2) is 0 Å². The number of ether oxygens (including phenoxy) is 1. The monoisotopic (exact) mass is 429 g/mol. The Balaban J connectivity index is 1.60.